The summed E-state index contributed by atoms with van der Waals surface area (Å²) in [4.78, 5) is 26.5. The molecule has 0 saturated heterocycles. The molecule has 0 aliphatic heterocycles. The number of hydrogen-bond donors (Lipinski definition) is 1. The molecule has 1 aliphatic rings. The summed E-state index contributed by atoms with van der Waals surface area (Å²) in [6, 6.07) is 15.1. The zero-order valence-electron chi connectivity index (χ0n) is 17.4. The van der Waals surface area contributed by atoms with Crippen LogP contribution in [-0.2, 0) is 16.0 Å². The van der Waals surface area contributed by atoms with Crippen LogP contribution in [0.4, 0.5) is 5.69 Å². The molecule has 0 aromatic heterocycles. The lowest BCUT2D eigenvalue weighted by molar-refractivity contribution is -0.123. The minimum Gasteiger partial charge on any atom is -0.490 e. The second kappa shape index (κ2) is 10.5. The largest absolute Gasteiger partial charge is 0.490 e. The summed E-state index contributed by atoms with van der Waals surface area (Å²) in [7, 11) is 1.55. The van der Waals surface area contributed by atoms with Crippen LogP contribution in [0, 0.1) is 12.3 Å². The van der Waals surface area contributed by atoms with Crippen molar-refractivity contribution in [1.82, 2.24) is 5.32 Å². The van der Waals surface area contributed by atoms with Crippen LogP contribution in [-0.4, -0.2) is 31.5 Å². The Balaban J connectivity index is 1.68. The third-order valence-corrected chi connectivity index (χ3v) is 5.34. The zero-order valence-corrected chi connectivity index (χ0v) is 17.4. The number of amides is 2. The fourth-order valence-corrected chi connectivity index (χ4v) is 3.67. The molecule has 2 aromatic carbocycles. The molecule has 1 aliphatic carbocycles. The lowest BCUT2D eigenvalue weighted by Gasteiger charge is -2.22. The van der Waals surface area contributed by atoms with Crippen LogP contribution in [0.5, 0.6) is 5.75 Å². The number of carbonyl (C=O) groups is 2. The minimum absolute atomic E-state index is 0.0474. The number of terminal acetylenes is 1. The van der Waals surface area contributed by atoms with E-state index in [1.165, 1.54) is 17.7 Å². The van der Waals surface area contributed by atoms with Gasteiger partial charge in [-0.15, -0.1) is 6.42 Å². The van der Waals surface area contributed by atoms with E-state index in [0.29, 0.717) is 23.8 Å². The first kappa shape index (κ1) is 21.4. The van der Waals surface area contributed by atoms with Gasteiger partial charge in [0.25, 0.3) is 0 Å². The highest BCUT2D eigenvalue weighted by atomic mass is 16.5. The molecule has 0 atom stereocenters. The molecule has 30 heavy (non-hydrogen) atoms. The molecular weight excluding hydrogens is 376 g/mol. The van der Waals surface area contributed by atoms with Gasteiger partial charge in [0.05, 0.1) is 6.10 Å². The molecule has 0 radical (unpaired) electrons. The Hall–Kier alpha value is -3.26. The number of rotatable bonds is 8. The molecule has 5 nitrogen and oxygen atoms in total. The maximum atomic E-state index is 13.0. The van der Waals surface area contributed by atoms with E-state index in [-0.39, 0.29) is 24.8 Å². The second-order valence-corrected chi connectivity index (χ2v) is 7.52. The molecule has 1 saturated carbocycles. The summed E-state index contributed by atoms with van der Waals surface area (Å²) in [5.41, 5.74) is 2.33. The summed E-state index contributed by atoms with van der Waals surface area (Å²) in [5, 5.41) is 2.57. The average molecular weight is 405 g/mol. The Kier molecular flexibility index (Phi) is 7.51. The van der Waals surface area contributed by atoms with Gasteiger partial charge in [-0.2, -0.15) is 0 Å². The fraction of sp³-hybridized carbons (Fsp3) is 0.360. The van der Waals surface area contributed by atoms with Crippen LogP contribution >= 0.6 is 0 Å². The first-order chi connectivity index (χ1) is 14.6. The maximum absolute atomic E-state index is 13.0. The van der Waals surface area contributed by atoms with Crippen LogP contribution in [0.3, 0.4) is 0 Å². The predicted octanol–water partition coefficient (Wildman–Crippen LogP) is 3.70. The van der Waals surface area contributed by atoms with Crippen molar-refractivity contribution >= 4 is 17.5 Å². The number of hydrogen-bond acceptors (Lipinski definition) is 3. The Labute approximate surface area is 178 Å². The quantitative estimate of drug-likeness (QED) is 0.683. The number of nitrogens with zero attached hydrogens (tertiary/aromatic N) is 1. The van der Waals surface area contributed by atoms with Crippen molar-refractivity contribution in [2.75, 3.05) is 18.5 Å². The number of carbonyl (C=O) groups excluding carboxylic acids is 2. The minimum atomic E-state index is -0.235. The molecule has 0 bridgehead atoms. The standard InChI is InChI=1S/C25H28N2O3/c1-3-19-8-6-10-21(16-19)27(18-24(28)26-2)25(29)15-14-20-9-7-13-23(17-20)30-22-11-4-5-12-22/h1,6-10,13,16-17,22H,4-5,11-12,14-15,18H2,2H3,(H,26,28). The summed E-state index contributed by atoms with van der Waals surface area (Å²) in [6.45, 7) is -0.0474. The normalized spacial score (nSPS) is 13.5. The monoisotopic (exact) mass is 404 g/mol. The average Bonchev–Trinajstić information content (AvgIpc) is 3.29. The maximum Gasteiger partial charge on any atom is 0.239 e. The number of nitrogens with one attached hydrogen (secondary N) is 1. The van der Waals surface area contributed by atoms with Gasteiger partial charge in [-0.05, 0) is 68.0 Å². The predicted molar refractivity (Wildman–Crippen MR) is 118 cm³/mol. The molecule has 0 heterocycles. The van der Waals surface area contributed by atoms with Gasteiger partial charge >= 0.3 is 0 Å². The molecule has 5 heteroatoms. The molecule has 1 N–H and O–H groups in total. The molecule has 0 spiro atoms. The van der Waals surface area contributed by atoms with Gasteiger partial charge in [0.2, 0.25) is 11.8 Å². The lowest BCUT2D eigenvalue weighted by atomic mass is 10.1. The third kappa shape index (κ3) is 5.87. The molecule has 3 rings (SSSR count). The van der Waals surface area contributed by atoms with Crippen LogP contribution in [0.1, 0.15) is 43.2 Å². The molecular formula is C25H28N2O3. The van der Waals surface area contributed by atoms with E-state index < -0.39 is 0 Å². The van der Waals surface area contributed by atoms with Gasteiger partial charge in [0.1, 0.15) is 12.3 Å². The highest BCUT2D eigenvalue weighted by Gasteiger charge is 2.20. The third-order valence-electron chi connectivity index (χ3n) is 5.34. The van der Waals surface area contributed by atoms with E-state index in [1.807, 2.05) is 24.3 Å². The molecule has 1 fully saturated rings. The van der Waals surface area contributed by atoms with Crippen molar-refractivity contribution in [3.05, 3.63) is 59.7 Å². The Morgan fingerprint density at radius 3 is 2.67 bits per heavy atom. The SMILES string of the molecule is C#Cc1cccc(N(CC(=O)NC)C(=O)CCc2cccc(OC3CCCC3)c2)c1. The Morgan fingerprint density at radius 2 is 1.93 bits per heavy atom. The van der Waals surface area contributed by atoms with Crippen molar-refractivity contribution < 1.29 is 14.3 Å². The van der Waals surface area contributed by atoms with Crippen molar-refractivity contribution in [3.63, 3.8) is 0 Å². The van der Waals surface area contributed by atoms with Crippen molar-refractivity contribution in [2.45, 2.75) is 44.6 Å². The number of aryl methyl sites for hydroxylation is 1. The molecule has 2 aromatic rings. The van der Waals surface area contributed by atoms with Gasteiger partial charge in [-0.25, -0.2) is 0 Å². The summed E-state index contributed by atoms with van der Waals surface area (Å²) >= 11 is 0. The van der Waals surface area contributed by atoms with E-state index in [1.54, 1.807) is 31.3 Å². The van der Waals surface area contributed by atoms with Gasteiger partial charge in [-0.1, -0.05) is 24.1 Å². The summed E-state index contributed by atoms with van der Waals surface area (Å²) in [6.07, 6.45) is 11.3. The summed E-state index contributed by atoms with van der Waals surface area (Å²) < 4.78 is 6.07. The van der Waals surface area contributed by atoms with Crippen LogP contribution in [0.25, 0.3) is 0 Å². The van der Waals surface area contributed by atoms with E-state index >= 15 is 0 Å². The van der Waals surface area contributed by atoms with E-state index in [9.17, 15) is 9.59 Å². The van der Waals surface area contributed by atoms with Gasteiger partial charge in [-0.3, -0.25) is 9.59 Å². The highest BCUT2D eigenvalue weighted by molar-refractivity contribution is 5.98. The Bertz CT molecular complexity index is 926. The second-order valence-electron chi connectivity index (χ2n) is 7.52. The zero-order chi connectivity index (χ0) is 21.3. The topological polar surface area (TPSA) is 58.6 Å². The molecule has 0 unspecified atom stereocenters. The smallest absolute Gasteiger partial charge is 0.239 e. The number of likely N-dealkylation sites (N-methyl/N-ethyl adjacent to an activating group) is 1. The van der Waals surface area contributed by atoms with Gasteiger partial charge < -0.3 is 15.0 Å². The van der Waals surface area contributed by atoms with E-state index in [0.717, 1.165) is 24.2 Å². The molecule has 156 valence electrons. The van der Waals surface area contributed by atoms with E-state index in [4.69, 9.17) is 11.2 Å². The number of ether oxygens (including phenoxy) is 1. The first-order valence-corrected chi connectivity index (χ1v) is 10.4. The Morgan fingerprint density at radius 1 is 1.17 bits per heavy atom. The fourth-order valence-electron chi connectivity index (χ4n) is 3.67. The lowest BCUT2D eigenvalue weighted by Crippen LogP contribution is -2.40. The van der Waals surface area contributed by atoms with Gasteiger partial charge in [0, 0.05) is 24.7 Å². The molecule has 2 amide bonds. The summed E-state index contributed by atoms with van der Waals surface area (Å²) in [5.74, 6) is 3.06. The van der Waals surface area contributed by atoms with Crippen molar-refractivity contribution in [2.24, 2.45) is 0 Å². The number of anilines is 1. The van der Waals surface area contributed by atoms with Gasteiger partial charge in [0.15, 0.2) is 0 Å². The first-order valence-electron chi connectivity index (χ1n) is 10.4. The highest BCUT2D eigenvalue weighted by Crippen LogP contribution is 2.25. The van der Waals surface area contributed by atoms with Crippen LogP contribution in [0.15, 0.2) is 48.5 Å². The van der Waals surface area contributed by atoms with Crippen LogP contribution < -0.4 is 15.0 Å². The van der Waals surface area contributed by atoms with Crippen LogP contribution in [0.2, 0.25) is 0 Å². The van der Waals surface area contributed by atoms with Crippen molar-refractivity contribution in [3.8, 4) is 18.1 Å². The van der Waals surface area contributed by atoms with Crippen molar-refractivity contribution in [1.29, 1.82) is 0 Å². The van der Waals surface area contributed by atoms with E-state index in [2.05, 4.69) is 11.2 Å². The number of benzene rings is 2.